The lowest BCUT2D eigenvalue weighted by Crippen LogP contribution is -2.41. The van der Waals surface area contributed by atoms with E-state index in [1.807, 2.05) is 71.2 Å². The third-order valence-corrected chi connectivity index (χ3v) is 5.10. The fourth-order valence-corrected chi connectivity index (χ4v) is 2.80. The molecule has 1 aliphatic rings. The Bertz CT molecular complexity index is 872. The molecular formula is C19H29BN4O4. The molecule has 3 heterocycles. The molecule has 152 valence electrons. The highest BCUT2D eigenvalue weighted by Gasteiger charge is 2.51. The zero-order valence-corrected chi connectivity index (χ0v) is 17.9. The molecule has 0 aromatic carbocycles. The lowest BCUT2D eigenvalue weighted by atomic mass is 9.80. The molecular weight excluding hydrogens is 359 g/mol. The van der Waals surface area contributed by atoms with Crippen molar-refractivity contribution < 1.29 is 18.8 Å². The minimum Gasteiger partial charge on any atom is -0.444 e. The van der Waals surface area contributed by atoms with Crippen molar-refractivity contribution in [2.75, 3.05) is 7.05 Å². The molecule has 0 atom stereocenters. The van der Waals surface area contributed by atoms with Crippen LogP contribution in [-0.2, 0) is 20.6 Å². The Morgan fingerprint density at radius 2 is 1.79 bits per heavy atom. The first kappa shape index (κ1) is 20.6. The number of rotatable bonds is 3. The highest BCUT2D eigenvalue weighted by molar-refractivity contribution is 6.62. The maximum Gasteiger partial charge on any atom is 0.496 e. The van der Waals surface area contributed by atoms with Crippen molar-refractivity contribution in [3.63, 3.8) is 0 Å². The van der Waals surface area contributed by atoms with E-state index in [9.17, 15) is 4.79 Å². The third-order valence-electron chi connectivity index (χ3n) is 5.10. The molecule has 1 amide bonds. The molecule has 2 aromatic rings. The Labute approximate surface area is 166 Å². The Morgan fingerprint density at radius 1 is 1.18 bits per heavy atom. The van der Waals surface area contributed by atoms with Gasteiger partial charge in [-0.05, 0) is 60.0 Å². The summed E-state index contributed by atoms with van der Waals surface area (Å²) in [5.41, 5.74) is 0.168. The summed E-state index contributed by atoms with van der Waals surface area (Å²) in [4.78, 5) is 13.7. The fraction of sp³-hybridized carbons (Fsp3) is 0.632. The van der Waals surface area contributed by atoms with Gasteiger partial charge in [-0.15, -0.1) is 10.2 Å². The minimum absolute atomic E-state index is 0.267. The Balaban J connectivity index is 1.83. The quantitative estimate of drug-likeness (QED) is 0.752. The Morgan fingerprint density at radius 3 is 2.36 bits per heavy atom. The standard InChI is InChI=1S/C19H29BN4O4/c1-17(2,3)26-16(25)23(8)12-15-22-21-14-10-9-13(11-24(14)15)20-27-18(4,5)19(6,7)28-20/h9-11H,12H2,1-8H3. The highest BCUT2D eigenvalue weighted by Crippen LogP contribution is 2.36. The fourth-order valence-electron chi connectivity index (χ4n) is 2.80. The number of nitrogens with zero attached hydrogens (tertiary/aromatic N) is 4. The van der Waals surface area contributed by atoms with Crippen molar-refractivity contribution in [2.24, 2.45) is 0 Å². The second-order valence-corrected chi connectivity index (χ2v) is 9.23. The van der Waals surface area contributed by atoms with Gasteiger partial charge in [0.2, 0.25) is 0 Å². The van der Waals surface area contributed by atoms with Crippen LogP contribution in [0.25, 0.3) is 5.65 Å². The average Bonchev–Trinajstić information content (AvgIpc) is 3.03. The van der Waals surface area contributed by atoms with Crippen molar-refractivity contribution >= 4 is 24.3 Å². The molecule has 0 unspecified atom stereocenters. The number of carbonyl (C=O) groups is 1. The van der Waals surface area contributed by atoms with Gasteiger partial charge in [0.15, 0.2) is 11.5 Å². The zero-order chi connectivity index (χ0) is 20.9. The first-order valence-corrected chi connectivity index (χ1v) is 9.42. The van der Waals surface area contributed by atoms with Crippen LogP contribution in [0.5, 0.6) is 0 Å². The summed E-state index contributed by atoms with van der Waals surface area (Å²) in [6.45, 7) is 13.9. The molecule has 0 radical (unpaired) electrons. The van der Waals surface area contributed by atoms with Gasteiger partial charge in [-0.25, -0.2) is 4.79 Å². The van der Waals surface area contributed by atoms with E-state index in [0.717, 1.165) is 5.46 Å². The number of hydrogen-bond acceptors (Lipinski definition) is 6. The van der Waals surface area contributed by atoms with Gasteiger partial charge in [0.1, 0.15) is 5.60 Å². The summed E-state index contributed by atoms with van der Waals surface area (Å²) in [6, 6.07) is 3.79. The summed E-state index contributed by atoms with van der Waals surface area (Å²) in [5, 5.41) is 8.40. The number of aromatic nitrogens is 3. The van der Waals surface area contributed by atoms with Crippen LogP contribution in [0, 0.1) is 0 Å². The maximum atomic E-state index is 12.2. The van der Waals surface area contributed by atoms with Crippen molar-refractivity contribution in [3.05, 3.63) is 24.2 Å². The van der Waals surface area contributed by atoms with Crippen molar-refractivity contribution in [2.45, 2.75) is 71.8 Å². The number of amides is 1. The molecule has 0 aliphatic carbocycles. The van der Waals surface area contributed by atoms with Gasteiger partial charge in [0.25, 0.3) is 0 Å². The van der Waals surface area contributed by atoms with E-state index in [1.165, 1.54) is 4.90 Å². The highest BCUT2D eigenvalue weighted by atomic mass is 16.7. The smallest absolute Gasteiger partial charge is 0.444 e. The van der Waals surface area contributed by atoms with E-state index < -0.39 is 30.0 Å². The number of ether oxygens (including phenoxy) is 1. The van der Waals surface area contributed by atoms with Crippen molar-refractivity contribution in [1.82, 2.24) is 19.5 Å². The van der Waals surface area contributed by atoms with E-state index >= 15 is 0 Å². The minimum atomic E-state index is -0.553. The maximum absolute atomic E-state index is 12.2. The number of carbonyl (C=O) groups excluding carboxylic acids is 1. The summed E-state index contributed by atoms with van der Waals surface area (Å²) in [7, 11) is 1.20. The summed E-state index contributed by atoms with van der Waals surface area (Å²) < 4.78 is 19.5. The van der Waals surface area contributed by atoms with Gasteiger partial charge in [-0.3, -0.25) is 4.40 Å². The summed E-state index contributed by atoms with van der Waals surface area (Å²) in [6.07, 6.45) is 1.49. The van der Waals surface area contributed by atoms with Gasteiger partial charge >= 0.3 is 13.2 Å². The first-order valence-electron chi connectivity index (χ1n) is 9.42. The van der Waals surface area contributed by atoms with Crippen LogP contribution < -0.4 is 5.46 Å². The molecule has 28 heavy (non-hydrogen) atoms. The Kier molecular flexibility index (Phi) is 4.96. The second-order valence-electron chi connectivity index (χ2n) is 9.23. The van der Waals surface area contributed by atoms with E-state index in [4.69, 9.17) is 14.0 Å². The van der Waals surface area contributed by atoms with Crippen LogP contribution in [0.15, 0.2) is 18.3 Å². The van der Waals surface area contributed by atoms with Crippen LogP contribution in [-0.4, -0.2) is 56.6 Å². The number of hydrogen-bond donors (Lipinski definition) is 0. The first-order chi connectivity index (χ1) is 12.8. The van der Waals surface area contributed by atoms with E-state index in [0.29, 0.717) is 11.5 Å². The van der Waals surface area contributed by atoms with Gasteiger partial charge in [-0.2, -0.15) is 0 Å². The van der Waals surface area contributed by atoms with Crippen molar-refractivity contribution in [3.8, 4) is 0 Å². The van der Waals surface area contributed by atoms with Crippen LogP contribution in [0.3, 0.4) is 0 Å². The van der Waals surface area contributed by atoms with Gasteiger partial charge in [0, 0.05) is 13.2 Å². The molecule has 2 aromatic heterocycles. The van der Waals surface area contributed by atoms with Gasteiger partial charge in [-0.1, -0.05) is 6.07 Å². The lowest BCUT2D eigenvalue weighted by Gasteiger charge is -2.32. The van der Waals surface area contributed by atoms with E-state index in [2.05, 4.69) is 10.2 Å². The molecule has 3 rings (SSSR count). The molecule has 0 spiro atoms. The largest absolute Gasteiger partial charge is 0.496 e. The number of fused-ring (bicyclic) bond motifs is 1. The normalized spacial score (nSPS) is 18.5. The zero-order valence-electron chi connectivity index (χ0n) is 17.9. The molecule has 0 saturated carbocycles. The second kappa shape index (κ2) is 6.74. The monoisotopic (exact) mass is 388 g/mol. The van der Waals surface area contributed by atoms with Crippen LogP contribution >= 0.6 is 0 Å². The molecule has 1 fully saturated rings. The van der Waals surface area contributed by atoms with Gasteiger partial charge in [0.05, 0.1) is 17.7 Å². The van der Waals surface area contributed by atoms with E-state index in [-0.39, 0.29) is 6.54 Å². The summed E-state index contributed by atoms with van der Waals surface area (Å²) >= 11 is 0. The van der Waals surface area contributed by atoms with Crippen LogP contribution in [0.1, 0.15) is 54.3 Å². The van der Waals surface area contributed by atoms with Crippen LogP contribution in [0.4, 0.5) is 4.79 Å². The molecule has 0 N–H and O–H groups in total. The predicted molar refractivity (Wildman–Crippen MR) is 106 cm³/mol. The molecule has 1 aliphatic heterocycles. The lowest BCUT2D eigenvalue weighted by molar-refractivity contribution is 0.00578. The molecule has 0 bridgehead atoms. The molecule has 9 heteroatoms. The molecule has 8 nitrogen and oxygen atoms in total. The third kappa shape index (κ3) is 4.00. The van der Waals surface area contributed by atoms with Crippen LogP contribution in [0.2, 0.25) is 0 Å². The predicted octanol–water partition coefficient (Wildman–Crippen LogP) is 2.40. The number of pyridine rings is 1. The average molecular weight is 388 g/mol. The summed E-state index contributed by atoms with van der Waals surface area (Å²) in [5.74, 6) is 0.627. The van der Waals surface area contributed by atoms with Crippen molar-refractivity contribution in [1.29, 1.82) is 0 Å². The Hall–Kier alpha value is -2.13. The molecule has 1 saturated heterocycles. The van der Waals surface area contributed by atoms with E-state index in [1.54, 1.807) is 7.05 Å². The van der Waals surface area contributed by atoms with Gasteiger partial charge < -0.3 is 18.9 Å². The SMILES string of the molecule is CN(Cc1nnc2ccc(B3OC(C)(C)C(C)(C)O3)cn12)C(=O)OC(C)(C)C. The topological polar surface area (TPSA) is 78.2 Å².